The molecule has 0 aliphatic carbocycles. The van der Waals surface area contributed by atoms with E-state index in [2.05, 4.69) is 26.1 Å². The molecule has 2 amide bonds. The van der Waals surface area contributed by atoms with Gasteiger partial charge in [-0.2, -0.15) is 0 Å². The van der Waals surface area contributed by atoms with Gasteiger partial charge in [0.25, 0.3) is 0 Å². The number of nitrogens with zero attached hydrogens (tertiary/aromatic N) is 1. The topological polar surface area (TPSA) is 41.6 Å². The largest absolute Gasteiger partial charge is 0.372 e. The molecule has 0 aromatic heterocycles. The number of likely N-dealkylation sites (tertiary alicyclic amines) is 1. The van der Waals surface area contributed by atoms with Crippen LogP contribution in [-0.4, -0.2) is 42.3 Å². The van der Waals surface area contributed by atoms with Gasteiger partial charge < -0.3 is 15.0 Å². The average Bonchev–Trinajstić information content (AvgIpc) is 2.16. The molecule has 0 radical (unpaired) electrons. The number of carbonyl (C=O) groups excluding carboxylic acids is 1. The fraction of sp³-hybridized carbons (Fsp3) is 0.917. The maximum Gasteiger partial charge on any atom is 0.317 e. The summed E-state index contributed by atoms with van der Waals surface area (Å²) >= 11 is 0. The molecule has 0 spiro atoms. The van der Waals surface area contributed by atoms with Crippen LogP contribution >= 0.6 is 0 Å². The Morgan fingerprint density at radius 2 is 1.94 bits per heavy atom. The quantitative estimate of drug-likeness (QED) is 0.785. The average molecular weight is 228 g/mol. The molecule has 0 unspecified atom stereocenters. The molecular weight excluding hydrogens is 204 g/mol. The number of amides is 2. The highest BCUT2D eigenvalue weighted by molar-refractivity contribution is 5.74. The van der Waals surface area contributed by atoms with Crippen molar-refractivity contribution in [1.29, 1.82) is 0 Å². The van der Waals surface area contributed by atoms with Crippen molar-refractivity contribution >= 4 is 6.03 Å². The van der Waals surface area contributed by atoms with Gasteiger partial charge in [0.15, 0.2) is 0 Å². The second-order valence-corrected chi connectivity index (χ2v) is 5.25. The summed E-state index contributed by atoms with van der Waals surface area (Å²) in [6.45, 7) is 10.4. The highest BCUT2D eigenvalue weighted by Gasteiger charge is 2.25. The van der Waals surface area contributed by atoms with Gasteiger partial charge in [-0.3, -0.25) is 0 Å². The molecule has 0 atom stereocenters. The molecule has 1 heterocycles. The third-order valence-electron chi connectivity index (χ3n) is 2.58. The van der Waals surface area contributed by atoms with Crippen molar-refractivity contribution in [2.24, 2.45) is 0 Å². The van der Waals surface area contributed by atoms with E-state index in [1.807, 2.05) is 11.8 Å². The van der Waals surface area contributed by atoms with Crippen LogP contribution in [0.2, 0.25) is 0 Å². The second kappa shape index (κ2) is 5.53. The van der Waals surface area contributed by atoms with Crippen molar-refractivity contribution in [2.45, 2.75) is 52.2 Å². The normalized spacial score (nSPS) is 18.6. The van der Waals surface area contributed by atoms with Gasteiger partial charge in [0.1, 0.15) is 0 Å². The molecule has 0 saturated carbocycles. The molecule has 4 heteroatoms. The van der Waals surface area contributed by atoms with Crippen LogP contribution in [0.4, 0.5) is 4.79 Å². The smallest absolute Gasteiger partial charge is 0.317 e. The number of hydrogen-bond acceptors (Lipinski definition) is 2. The van der Waals surface area contributed by atoms with Gasteiger partial charge in [-0.1, -0.05) is 0 Å². The van der Waals surface area contributed by atoms with Gasteiger partial charge >= 0.3 is 6.03 Å². The van der Waals surface area contributed by atoms with Crippen molar-refractivity contribution < 1.29 is 9.53 Å². The monoisotopic (exact) mass is 228 g/mol. The van der Waals surface area contributed by atoms with Crippen LogP contribution in [0.5, 0.6) is 0 Å². The Balaban J connectivity index is 2.31. The molecule has 0 aromatic carbocycles. The lowest BCUT2D eigenvalue weighted by Crippen LogP contribution is -2.46. The lowest BCUT2D eigenvalue weighted by molar-refractivity contribution is -0.0783. The number of piperidine rings is 1. The molecule has 0 aromatic rings. The van der Waals surface area contributed by atoms with Gasteiger partial charge in [0.2, 0.25) is 0 Å². The van der Waals surface area contributed by atoms with Crippen LogP contribution in [0.25, 0.3) is 0 Å². The van der Waals surface area contributed by atoms with Crippen molar-refractivity contribution in [3.05, 3.63) is 0 Å². The third-order valence-corrected chi connectivity index (χ3v) is 2.58. The molecule has 94 valence electrons. The summed E-state index contributed by atoms with van der Waals surface area (Å²) in [5.41, 5.74) is -0.0848. The Morgan fingerprint density at radius 1 is 1.38 bits per heavy atom. The molecule has 0 bridgehead atoms. The lowest BCUT2D eigenvalue weighted by Gasteiger charge is -2.35. The van der Waals surface area contributed by atoms with E-state index in [4.69, 9.17) is 4.74 Å². The van der Waals surface area contributed by atoms with E-state index < -0.39 is 0 Å². The van der Waals surface area contributed by atoms with Gasteiger partial charge in [0.05, 0.1) is 11.7 Å². The first kappa shape index (κ1) is 13.3. The van der Waals surface area contributed by atoms with E-state index in [0.717, 1.165) is 25.9 Å². The fourth-order valence-electron chi connectivity index (χ4n) is 1.94. The van der Waals surface area contributed by atoms with E-state index in [0.29, 0.717) is 12.6 Å². The number of hydrogen-bond donors (Lipinski definition) is 1. The third kappa shape index (κ3) is 4.39. The summed E-state index contributed by atoms with van der Waals surface area (Å²) in [6.07, 6.45) is 2.17. The number of urea groups is 1. The van der Waals surface area contributed by atoms with Crippen LogP contribution in [0.3, 0.4) is 0 Å². The Bertz CT molecular complexity index is 228. The van der Waals surface area contributed by atoms with Gasteiger partial charge in [0, 0.05) is 19.6 Å². The number of rotatable bonds is 2. The Labute approximate surface area is 98.3 Å². The molecule has 4 nitrogen and oxygen atoms in total. The SMILES string of the molecule is CCNC(=O)N1CCC(OC(C)(C)C)CC1. The summed E-state index contributed by atoms with van der Waals surface area (Å²) in [7, 11) is 0. The van der Waals surface area contributed by atoms with Crippen molar-refractivity contribution in [2.75, 3.05) is 19.6 Å². The van der Waals surface area contributed by atoms with Crippen LogP contribution in [0, 0.1) is 0 Å². The zero-order valence-corrected chi connectivity index (χ0v) is 10.9. The predicted octanol–water partition coefficient (Wildman–Crippen LogP) is 2.00. The Hall–Kier alpha value is -0.770. The fourth-order valence-corrected chi connectivity index (χ4v) is 1.94. The lowest BCUT2D eigenvalue weighted by atomic mass is 10.1. The summed E-state index contributed by atoms with van der Waals surface area (Å²) in [4.78, 5) is 13.4. The molecule has 1 aliphatic rings. The minimum atomic E-state index is -0.0848. The highest BCUT2D eigenvalue weighted by atomic mass is 16.5. The zero-order valence-electron chi connectivity index (χ0n) is 10.9. The minimum Gasteiger partial charge on any atom is -0.372 e. The summed E-state index contributed by atoms with van der Waals surface area (Å²) in [5.74, 6) is 0. The highest BCUT2D eigenvalue weighted by Crippen LogP contribution is 2.19. The Morgan fingerprint density at radius 3 is 2.38 bits per heavy atom. The first-order valence-corrected chi connectivity index (χ1v) is 6.13. The number of carbonyl (C=O) groups is 1. The van der Waals surface area contributed by atoms with Gasteiger partial charge in [-0.25, -0.2) is 4.79 Å². The van der Waals surface area contributed by atoms with Crippen LogP contribution < -0.4 is 5.32 Å². The number of nitrogens with one attached hydrogen (secondary N) is 1. The molecule has 1 fully saturated rings. The molecule has 1 aliphatic heterocycles. The van der Waals surface area contributed by atoms with Crippen molar-refractivity contribution in [1.82, 2.24) is 10.2 Å². The maximum absolute atomic E-state index is 11.6. The molecular formula is C12H24N2O2. The first-order valence-electron chi connectivity index (χ1n) is 6.13. The standard InChI is InChI=1S/C12H24N2O2/c1-5-13-11(15)14-8-6-10(7-9-14)16-12(2,3)4/h10H,5-9H2,1-4H3,(H,13,15). The van der Waals surface area contributed by atoms with Crippen molar-refractivity contribution in [3.63, 3.8) is 0 Å². The molecule has 16 heavy (non-hydrogen) atoms. The zero-order chi connectivity index (χ0) is 12.2. The Kier molecular flexibility index (Phi) is 4.59. The van der Waals surface area contributed by atoms with E-state index in [-0.39, 0.29) is 11.6 Å². The van der Waals surface area contributed by atoms with Gasteiger partial charge in [-0.05, 0) is 40.5 Å². The van der Waals surface area contributed by atoms with Crippen LogP contribution in [0.1, 0.15) is 40.5 Å². The van der Waals surface area contributed by atoms with Crippen LogP contribution in [-0.2, 0) is 4.74 Å². The molecule has 1 saturated heterocycles. The van der Waals surface area contributed by atoms with E-state index >= 15 is 0 Å². The van der Waals surface area contributed by atoms with Gasteiger partial charge in [-0.15, -0.1) is 0 Å². The number of ether oxygens (including phenoxy) is 1. The predicted molar refractivity (Wildman–Crippen MR) is 64.5 cm³/mol. The maximum atomic E-state index is 11.6. The molecule has 1 rings (SSSR count). The van der Waals surface area contributed by atoms with E-state index in [1.165, 1.54) is 0 Å². The van der Waals surface area contributed by atoms with E-state index in [1.54, 1.807) is 0 Å². The van der Waals surface area contributed by atoms with Crippen LogP contribution in [0.15, 0.2) is 0 Å². The summed E-state index contributed by atoms with van der Waals surface area (Å²) in [6, 6.07) is 0.0525. The summed E-state index contributed by atoms with van der Waals surface area (Å²) < 4.78 is 5.91. The summed E-state index contributed by atoms with van der Waals surface area (Å²) in [5, 5.41) is 2.82. The van der Waals surface area contributed by atoms with Crippen molar-refractivity contribution in [3.8, 4) is 0 Å². The van der Waals surface area contributed by atoms with E-state index in [9.17, 15) is 4.79 Å². The first-order chi connectivity index (χ1) is 7.42. The minimum absolute atomic E-state index is 0.0525. The molecule has 1 N–H and O–H groups in total. The second-order valence-electron chi connectivity index (χ2n) is 5.25.